The highest BCUT2D eigenvalue weighted by Crippen LogP contribution is 2.29. The van der Waals surface area contributed by atoms with Crippen molar-refractivity contribution < 1.29 is 68.1 Å². The van der Waals surface area contributed by atoms with E-state index in [2.05, 4.69) is 9.47 Å². The van der Waals surface area contributed by atoms with Gasteiger partial charge in [-0.25, -0.2) is 19.2 Å². The smallest absolute Gasteiger partial charge is 0.343 e. The fourth-order valence-electron chi connectivity index (χ4n) is 4.02. The number of carbonyl (C=O) groups is 6. The van der Waals surface area contributed by atoms with Crippen LogP contribution in [-0.4, -0.2) is 106 Å². The number of benzene rings is 2. The van der Waals surface area contributed by atoms with Crippen LogP contribution in [0.5, 0.6) is 0 Å². The standard InChI is InChI=1S/C26H22O14/c27-15(21-17(29)19(31)25(35)39-21)9-37-23(33)13-7-3-1-5-11(13)12-6-2-4-8-14(12)24(34)38-10-16(28)22-18(30)20(32)26(36)40-22/h1-8,15-16,19-22,27-28,31-32H,9-10H2. The molecule has 2 aliphatic heterocycles. The Hall–Kier alpha value is -4.50. The zero-order chi connectivity index (χ0) is 29.1. The van der Waals surface area contributed by atoms with E-state index in [0.717, 1.165) is 0 Å². The third-order valence-corrected chi connectivity index (χ3v) is 6.09. The van der Waals surface area contributed by atoms with Crippen molar-refractivity contribution in [1.82, 2.24) is 0 Å². The number of cyclic esters (lactones) is 2. The van der Waals surface area contributed by atoms with E-state index in [0.29, 0.717) is 0 Å². The lowest BCUT2D eigenvalue weighted by Gasteiger charge is -2.18. The molecule has 0 amide bonds. The van der Waals surface area contributed by atoms with Crippen LogP contribution in [0.25, 0.3) is 11.1 Å². The summed E-state index contributed by atoms with van der Waals surface area (Å²) < 4.78 is 19.4. The Morgan fingerprint density at radius 1 is 0.675 bits per heavy atom. The molecule has 2 fully saturated rings. The maximum absolute atomic E-state index is 12.9. The fourth-order valence-corrected chi connectivity index (χ4v) is 4.02. The van der Waals surface area contributed by atoms with Gasteiger partial charge in [0.15, 0.2) is 12.2 Å². The summed E-state index contributed by atoms with van der Waals surface area (Å²) in [6.07, 6.45) is -11.0. The second-order valence-corrected chi connectivity index (χ2v) is 8.75. The van der Waals surface area contributed by atoms with Gasteiger partial charge in [0.05, 0.1) is 11.1 Å². The first-order valence-corrected chi connectivity index (χ1v) is 11.7. The van der Waals surface area contributed by atoms with E-state index in [1.165, 1.54) is 36.4 Å². The minimum absolute atomic E-state index is 0.0535. The third kappa shape index (κ3) is 5.60. The molecule has 40 heavy (non-hydrogen) atoms. The molecule has 2 aromatic rings. The van der Waals surface area contributed by atoms with Crippen LogP contribution < -0.4 is 0 Å². The molecule has 4 rings (SSSR count). The minimum Gasteiger partial charge on any atom is -0.459 e. The van der Waals surface area contributed by atoms with Crippen molar-refractivity contribution in [2.24, 2.45) is 0 Å². The first kappa shape index (κ1) is 28.5. The molecule has 6 atom stereocenters. The predicted octanol–water partition coefficient (Wildman–Crippen LogP) is -1.90. The fraction of sp³-hybridized carbons (Fsp3) is 0.308. The zero-order valence-electron chi connectivity index (χ0n) is 20.4. The molecule has 6 unspecified atom stereocenters. The quantitative estimate of drug-likeness (QED) is 0.150. The van der Waals surface area contributed by atoms with E-state index in [9.17, 15) is 49.2 Å². The van der Waals surface area contributed by atoms with Gasteiger partial charge >= 0.3 is 23.9 Å². The van der Waals surface area contributed by atoms with Crippen LogP contribution in [0.4, 0.5) is 0 Å². The molecule has 14 heteroatoms. The van der Waals surface area contributed by atoms with E-state index in [-0.39, 0.29) is 22.3 Å². The van der Waals surface area contributed by atoms with Crippen LogP contribution in [0.1, 0.15) is 20.7 Å². The van der Waals surface area contributed by atoms with Gasteiger partial charge in [0.25, 0.3) is 0 Å². The molecule has 14 nitrogen and oxygen atoms in total. The maximum Gasteiger partial charge on any atom is 0.343 e. The molecule has 0 bridgehead atoms. The lowest BCUT2D eigenvalue weighted by molar-refractivity contribution is -0.152. The predicted molar refractivity (Wildman–Crippen MR) is 126 cm³/mol. The van der Waals surface area contributed by atoms with Crippen LogP contribution >= 0.6 is 0 Å². The van der Waals surface area contributed by atoms with Crippen molar-refractivity contribution in [2.45, 2.75) is 36.6 Å². The van der Waals surface area contributed by atoms with Gasteiger partial charge in [0.1, 0.15) is 25.4 Å². The SMILES string of the molecule is O=C(OCC(O)C1OC(=O)C(O)C1=O)c1ccccc1-c1ccccc1C(=O)OCC(O)C1OC(=O)C(O)C1=O. The number of carbonyl (C=O) groups excluding carboxylic acids is 6. The summed E-state index contributed by atoms with van der Waals surface area (Å²) in [6, 6.07) is 11.8. The first-order chi connectivity index (χ1) is 19.0. The van der Waals surface area contributed by atoms with Gasteiger partial charge in [0, 0.05) is 0 Å². The van der Waals surface area contributed by atoms with E-state index in [1.54, 1.807) is 12.1 Å². The van der Waals surface area contributed by atoms with Crippen molar-refractivity contribution in [3.05, 3.63) is 59.7 Å². The highest BCUT2D eigenvalue weighted by atomic mass is 16.6. The third-order valence-electron chi connectivity index (χ3n) is 6.09. The van der Waals surface area contributed by atoms with Crippen LogP contribution in [0.15, 0.2) is 48.5 Å². The number of esters is 4. The summed E-state index contributed by atoms with van der Waals surface area (Å²) in [5.74, 6) is -6.53. The van der Waals surface area contributed by atoms with Crippen molar-refractivity contribution in [3.63, 3.8) is 0 Å². The summed E-state index contributed by atoms with van der Waals surface area (Å²) in [7, 11) is 0. The Morgan fingerprint density at radius 2 is 1.02 bits per heavy atom. The normalized spacial score (nSPS) is 23.8. The number of aliphatic hydroxyl groups excluding tert-OH is 4. The number of aliphatic hydroxyl groups is 4. The van der Waals surface area contributed by atoms with Gasteiger partial charge in [-0.1, -0.05) is 36.4 Å². The van der Waals surface area contributed by atoms with Gasteiger partial charge in [-0.05, 0) is 23.3 Å². The number of hydrogen-bond acceptors (Lipinski definition) is 14. The van der Waals surface area contributed by atoms with Crippen molar-refractivity contribution in [2.75, 3.05) is 13.2 Å². The largest absolute Gasteiger partial charge is 0.459 e. The maximum atomic E-state index is 12.9. The number of hydrogen-bond donors (Lipinski definition) is 4. The highest BCUT2D eigenvalue weighted by Gasteiger charge is 2.47. The average molecular weight is 558 g/mol. The van der Waals surface area contributed by atoms with E-state index < -0.39 is 85.3 Å². The number of ketones is 2. The highest BCUT2D eigenvalue weighted by molar-refractivity contribution is 6.10. The molecule has 0 saturated carbocycles. The minimum atomic E-state index is -2.03. The summed E-state index contributed by atoms with van der Waals surface area (Å²) in [6.45, 7) is -1.52. The second kappa shape index (κ2) is 11.7. The number of rotatable bonds is 9. The zero-order valence-corrected chi connectivity index (χ0v) is 20.4. The second-order valence-electron chi connectivity index (χ2n) is 8.75. The molecule has 2 aliphatic rings. The number of ether oxygens (including phenoxy) is 4. The molecule has 2 aromatic carbocycles. The van der Waals surface area contributed by atoms with Gasteiger partial charge in [-0.15, -0.1) is 0 Å². The van der Waals surface area contributed by atoms with Crippen molar-refractivity contribution >= 4 is 35.4 Å². The Kier molecular flexibility index (Phi) is 8.35. The number of Topliss-reactive ketones (excluding diaryl/α,β-unsaturated/α-hetero) is 2. The lowest BCUT2D eigenvalue weighted by Crippen LogP contribution is -2.38. The molecule has 0 spiro atoms. The summed E-state index contributed by atoms with van der Waals surface area (Å²) in [5, 5.41) is 39.1. The lowest BCUT2D eigenvalue weighted by atomic mass is 9.95. The van der Waals surface area contributed by atoms with E-state index >= 15 is 0 Å². The monoisotopic (exact) mass is 558 g/mol. The molecular weight excluding hydrogens is 536 g/mol. The van der Waals surface area contributed by atoms with Crippen molar-refractivity contribution in [3.8, 4) is 11.1 Å². The molecule has 210 valence electrons. The first-order valence-electron chi connectivity index (χ1n) is 11.7. The molecule has 4 N–H and O–H groups in total. The van der Waals surface area contributed by atoms with E-state index in [1.807, 2.05) is 0 Å². The van der Waals surface area contributed by atoms with Crippen LogP contribution in [0, 0.1) is 0 Å². The van der Waals surface area contributed by atoms with E-state index in [4.69, 9.17) is 9.47 Å². The van der Waals surface area contributed by atoms with Gasteiger partial charge in [-0.3, -0.25) is 9.59 Å². The summed E-state index contributed by atoms with van der Waals surface area (Å²) in [4.78, 5) is 72.1. The summed E-state index contributed by atoms with van der Waals surface area (Å²) in [5.41, 5.74) is 0.304. The molecule has 0 aromatic heterocycles. The van der Waals surface area contributed by atoms with Gasteiger partial charge in [-0.2, -0.15) is 0 Å². The molecule has 2 heterocycles. The van der Waals surface area contributed by atoms with Gasteiger partial charge in [0.2, 0.25) is 23.8 Å². The van der Waals surface area contributed by atoms with Crippen LogP contribution in [0.3, 0.4) is 0 Å². The van der Waals surface area contributed by atoms with Crippen molar-refractivity contribution in [1.29, 1.82) is 0 Å². The Bertz CT molecular complexity index is 1260. The molecular formula is C26H22O14. The molecule has 0 radical (unpaired) electrons. The average Bonchev–Trinajstić information content (AvgIpc) is 3.38. The van der Waals surface area contributed by atoms with Crippen LogP contribution in [0.2, 0.25) is 0 Å². The molecule has 2 saturated heterocycles. The Morgan fingerprint density at radius 3 is 1.35 bits per heavy atom. The molecule has 0 aliphatic carbocycles. The Balaban J connectivity index is 1.46. The van der Waals surface area contributed by atoms with Crippen LogP contribution in [-0.2, 0) is 38.1 Å². The topological polar surface area (TPSA) is 220 Å². The Labute approximate surface area is 224 Å². The van der Waals surface area contributed by atoms with Gasteiger partial charge < -0.3 is 39.4 Å². The summed E-state index contributed by atoms with van der Waals surface area (Å²) >= 11 is 0.